The number of amides is 1. The first-order chi connectivity index (χ1) is 10.1. The third-order valence-electron chi connectivity index (χ3n) is 3.69. The van der Waals surface area contributed by atoms with Crippen molar-refractivity contribution >= 4 is 5.91 Å². The fourth-order valence-corrected chi connectivity index (χ4v) is 2.26. The largest absolute Gasteiger partial charge is 0.381 e. The summed E-state index contributed by atoms with van der Waals surface area (Å²) < 4.78 is 7.33. The summed E-state index contributed by atoms with van der Waals surface area (Å²) in [6.07, 6.45) is 4.41. The second kappa shape index (κ2) is 9.55. The van der Waals surface area contributed by atoms with Crippen LogP contribution in [0, 0.1) is 13.8 Å². The van der Waals surface area contributed by atoms with Gasteiger partial charge in [-0.2, -0.15) is 5.10 Å². The molecule has 0 aliphatic rings. The molecule has 0 fully saturated rings. The molecule has 1 aromatic rings. The van der Waals surface area contributed by atoms with Crippen LogP contribution in [-0.4, -0.2) is 35.4 Å². The lowest BCUT2D eigenvalue weighted by molar-refractivity contribution is -0.121. The van der Waals surface area contributed by atoms with Crippen molar-refractivity contribution in [3.63, 3.8) is 0 Å². The summed E-state index contributed by atoms with van der Waals surface area (Å²) in [6, 6.07) is 0. The first-order valence-electron chi connectivity index (χ1n) is 7.89. The molecule has 120 valence electrons. The van der Waals surface area contributed by atoms with Crippen LogP contribution in [-0.2, 0) is 23.0 Å². The van der Waals surface area contributed by atoms with Gasteiger partial charge in [0.05, 0.1) is 5.69 Å². The van der Waals surface area contributed by atoms with Crippen molar-refractivity contribution in [1.82, 2.24) is 15.1 Å². The van der Waals surface area contributed by atoms with Crippen LogP contribution in [0.4, 0.5) is 0 Å². The molecule has 0 saturated carbocycles. The van der Waals surface area contributed by atoms with Gasteiger partial charge in [-0.15, -0.1) is 0 Å². The third-order valence-corrected chi connectivity index (χ3v) is 3.69. The Bertz CT molecular complexity index is 441. The van der Waals surface area contributed by atoms with Gasteiger partial charge < -0.3 is 10.1 Å². The Morgan fingerprint density at radius 1 is 1.29 bits per heavy atom. The first kappa shape index (κ1) is 17.7. The van der Waals surface area contributed by atoms with E-state index in [1.165, 1.54) is 5.56 Å². The molecule has 21 heavy (non-hydrogen) atoms. The smallest absolute Gasteiger partial charge is 0.220 e. The van der Waals surface area contributed by atoms with Crippen molar-refractivity contribution in [2.75, 3.05) is 19.8 Å². The molecule has 0 aliphatic carbocycles. The van der Waals surface area contributed by atoms with Crippen molar-refractivity contribution in [3.8, 4) is 0 Å². The molecule has 0 aliphatic heterocycles. The lowest BCUT2D eigenvalue weighted by atomic mass is 10.1. The molecular formula is C16H29N3O2. The Balaban J connectivity index is 2.14. The fraction of sp³-hybridized carbons (Fsp3) is 0.750. The van der Waals surface area contributed by atoms with Crippen LogP contribution in [0.25, 0.3) is 0 Å². The number of aromatic nitrogens is 2. The summed E-state index contributed by atoms with van der Waals surface area (Å²) in [4.78, 5) is 11.8. The van der Waals surface area contributed by atoms with E-state index in [9.17, 15) is 4.79 Å². The lowest BCUT2D eigenvalue weighted by Gasteiger charge is -2.06. The van der Waals surface area contributed by atoms with Crippen LogP contribution in [0.15, 0.2) is 0 Å². The van der Waals surface area contributed by atoms with E-state index in [-0.39, 0.29) is 5.91 Å². The van der Waals surface area contributed by atoms with Gasteiger partial charge in [-0.3, -0.25) is 9.48 Å². The number of ether oxygens (including phenoxy) is 1. The monoisotopic (exact) mass is 295 g/mol. The van der Waals surface area contributed by atoms with Gasteiger partial charge in [0.1, 0.15) is 0 Å². The number of aryl methyl sites for hydroxylation is 2. The average Bonchev–Trinajstić information content (AvgIpc) is 2.69. The van der Waals surface area contributed by atoms with Crippen molar-refractivity contribution in [3.05, 3.63) is 17.0 Å². The predicted molar refractivity (Wildman–Crippen MR) is 84.4 cm³/mol. The molecule has 5 nitrogen and oxygen atoms in total. The molecule has 0 spiro atoms. The zero-order chi connectivity index (χ0) is 15.7. The third kappa shape index (κ3) is 6.29. The average molecular weight is 295 g/mol. The van der Waals surface area contributed by atoms with Gasteiger partial charge >= 0.3 is 0 Å². The molecule has 0 saturated heterocycles. The molecule has 0 radical (unpaired) electrons. The van der Waals surface area contributed by atoms with Crippen molar-refractivity contribution < 1.29 is 9.53 Å². The van der Waals surface area contributed by atoms with E-state index < -0.39 is 0 Å². The lowest BCUT2D eigenvalue weighted by Crippen LogP contribution is -2.25. The SMILES string of the molecule is CCCCOCCCNC(=O)CCc1c(C)nn(C)c1C. The molecule has 0 unspecified atom stereocenters. The van der Waals surface area contributed by atoms with Gasteiger partial charge in [-0.05, 0) is 38.7 Å². The molecule has 1 heterocycles. The highest BCUT2D eigenvalue weighted by Gasteiger charge is 2.10. The molecule has 0 bridgehead atoms. The van der Waals surface area contributed by atoms with E-state index in [1.54, 1.807) is 0 Å². The highest BCUT2D eigenvalue weighted by molar-refractivity contribution is 5.76. The zero-order valence-electron chi connectivity index (χ0n) is 13.9. The summed E-state index contributed by atoms with van der Waals surface area (Å²) in [5, 5.41) is 7.31. The summed E-state index contributed by atoms with van der Waals surface area (Å²) in [5.41, 5.74) is 3.35. The van der Waals surface area contributed by atoms with Gasteiger partial charge in [0.25, 0.3) is 0 Å². The van der Waals surface area contributed by atoms with E-state index in [4.69, 9.17) is 4.74 Å². The molecule has 0 aromatic carbocycles. The predicted octanol–water partition coefficient (Wildman–Crippen LogP) is 2.29. The van der Waals surface area contributed by atoms with Crippen LogP contribution in [0.3, 0.4) is 0 Å². The van der Waals surface area contributed by atoms with E-state index in [0.29, 0.717) is 13.0 Å². The number of hydrogen-bond donors (Lipinski definition) is 1. The summed E-state index contributed by atoms with van der Waals surface area (Å²) in [6.45, 7) is 8.42. The molecule has 1 N–H and O–H groups in total. The minimum Gasteiger partial charge on any atom is -0.381 e. The maximum Gasteiger partial charge on any atom is 0.220 e. The zero-order valence-corrected chi connectivity index (χ0v) is 13.9. The maximum absolute atomic E-state index is 11.8. The number of nitrogens with one attached hydrogen (secondary N) is 1. The maximum atomic E-state index is 11.8. The Morgan fingerprint density at radius 2 is 2.00 bits per heavy atom. The van der Waals surface area contributed by atoms with Gasteiger partial charge in [0, 0.05) is 38.9 Å². The molecular weight excluding hydrogens is 266 g/mol. The first-order valence-corrected chi connectivity index (χ1v) is 7.89. The Hall–Kier alpha value is -1.36. The standard InChI is InChI=1S/C16H29N3O2/c1-5-6-11-21-12-7-10-17-16(20)9-8-15-13(2)18-19(4)14(15)3/h5-12H2,1-4H3,(H,17,20). The number of nitrogens with zero attached hydrogens (tertiary/aromatic N) is 2. The Morgan fingerprint density at radius 3 is 2.62 bits per heavy atom. The molecule has 1 aromatic heterocycles. The van der Waals surface area contributed by atoms with Crippen LogP contribution in [0.1, 0.15) is 49.6 Å². The molecule has 1 amide bonds. The van der Waals surface area contributed by atoms with E-state index in [0.717, 1.165) is 50.3 Å². The van der Waals surface area contributed by atoms with Gasteiger partial charge in [0.15, 0.2) is 0 Å². The molecule has 5 heteroatoms. The van der Waals surface area contributed by atoms with Gasteiger partial charge in [-0.1, -0.05) is 13.3 Å². The fourth-order valence-electron chi connectivity index (χ4n) is 2.26. The highest BCUT2D eigenvalue weighted by Crippen LogP contribution is 2.13. The summed E-state index contributed by atoms with van der Waals surface area (Å²) in [7, 11) is 1.93. The van der Waals surface area contributed by atoms with Gasteiger partial charge in [-0.25, -0.2) is 0 Å². The van der Waals surface area contributed by atoms with Crippen molar-refractivity contribution in [2.24, 2.45) is 7.05 Å². The highest BCUT2D eigenvalue weighted by atomic mass is 16.5. The Kier molecular flexibility index (Phi) is 8.05. The van der Waals surface area contributed by atoms with Gasteiger partial charge in [0.2, 0.25) is 5.91 Å². The number of carbonyl (C=O) groups excluding carboxylic acids is 1. The second-order valence-corrected chi connectivity index (χ2v) is 5.44. The number of carbonyl (C=O) groups is 1. The number of rotatable bonds is 10. The van der Waals surface area contributed by atoms with Crippen LogP contribution in [0.2, 0.25) is 0 Å². The molecule has 1 rings (SSSR count). The van der Waals surface area contributed by atoms with E-state index in [1.807, 2.05) is 25.6 Å². The quantitative estimate of drug-likeness (QED) is 0.674. The molecule has 0 atom stereocenters. The van der Waals surface area contributed by atoms with Crippen LogP contribution >= 0.6 is 0 Å². The second-order valence-electron chi connectivity index (χ2n) is 5.44. The Labute approximate surface area is 128 Å². The normalized spacial score (nSPS) is 10.9. The van der Waals surface area contributed by atoms with E-state index in [2.05, 4.69) is 17.3 Å². The van der Waals surface area contributed by atoms with E-state index >= 15 is 0 Å². The summed E-state index contributed by atoms with van der Waals surface area (Å²) >= 11 is 0. The number of hydrogen-bond acceptors (Lipinski definition) is 3. The van der Waals surface area contributed by atoms with Crippen LogP contribution < -0.4 is 5.32 Å². The minimum atomic E-state index is 0.103. The van der Waals surface area contributed by atoms with Crippen LogP contribution in [0.5, 0.6) is 0 Å². The minimum absolute atomic E-state index is 0.103. The van der Waals surface area contributed by atoms with Crippen molar-refractivity contribution in [1.29, 1.82) is 0 Å². The topological polar surface area (TPSA) is 56.1 Å². The summed E-state index contributed by atoms with van der Waals surface area (Å²) in [5.74, 6) is 0.103. The van der Waals surface area contributed by atoms with Crippen molar-refractivity contribution in [2.45, 2.75) is 52.9 Å². The number of unbranched alkanes of at least 4 members (excludes halogenated alkanes) is 1.